The molecule has 1 saturated heterocycles. The van der Waals surface area contributed by atoms with E-state index in [1.54, 1.807) is 0 Å². The van der Waals surface area contributed by atoms with E-state index in [-0.39, 0.29) is 29.8 Å². The summed E-state index contributed by atoms with van der Waals surface area (Å²) in [5.41, 5.74) is 1.32. The maximum absolute atomic E-state index is 12.0. The van der Waals surface area contributed by atoms with Crippen molar-refractivity contribution in [3.05, 3.63) is 34.9 Å². The number of amides is 1. The molecule has 2 aliphatic rings. The molecule has 1 amide bonds. The van der Waals surface area contributed by atoms with Crippen LogP contribution in [0.5, 0.6) is 0 Å². The molecule has 0 bridgehead atoms. The molecule has 21 heavy (non-hydrogen) atoms. The smallest absolute Gasteiger partial charge is 0.237 e. The molecule has 1 aromatic carbocycles. The Morgan fingerprint density at radius 1 is 1.38 bits per heavy atom. The number of aliphatic hydroxyl groups excluding tert-OH is 1. The molecule has 4 nitrogen and oxygen atoms in total. The van der Waals surface area contributed by atoms with Gasteiger partial charge in [0.25, 0.3) is 0 Å². The molecule has 2 fully saturated rings. The molecule has 1 aliphatic carbocycles. The fourth-order valence-electron chi connectivity index (χ4n) is 2.82. The number of hydrogen-bond donors (Lipinski definition) is 3. The summed E-state index contributed by atoms with van der Waals surface area (Å²) >= 11 is 5.91. The first-order valence-electron chi connectivity index (χ1n) is 7.04. The Labute approximate surface area is 135 Å². The number of carbonyl (C=O) groups excluding carboxylic acids is 1. The van der Waals surface area contributed by atoms with E-state index >= 15 is 0 Å². The van der Waals surface area contributed by atoms with Gasteiger partial charge < -0.3 is 15.7 Å². The summed E-state index contributed by atoms with van der Waals surface area (Å²) in [6.07, 6.45) is 2.28. The summed E-state index contributed by atoms with van der Waals surface area (Å²) in [4.78, 5) is 12.0. The third-order valence-corrected chi connectivity index (χ3v) is 4.59. The topological polar surface area (TPSA) is 61.4 Å². The van der Waals surface area contributed by atoms with Gasteiger partial charge in [0.15, 0.2) is 0 Å². The van der Waals surface area contributed by atoms with Gasteiger partial charge in [-0.3, -0.25) is 4.79 Å². The van der Waals surface area contributed by atoms with Gasteiger partial charge in [-0.05, 0) is 37.0 Å². The van der Waals surface area contributed by atoms with Crippen LogP contribution in [0.15, 0.2) is 24.3 Å². The molecule has 0 spiro atoms. The van der Waals surface area contributed by atoms with Crippen molar-refractivity contribution in [3.63, 3.8) is 0 Å². The molecule has 0 radical (unpaired) electrons. The van der Waals surface area contributed by atoms with Crippen LogP contribution < -0.4 is 10.6 Å². The van der Waals surface area contributed by atoms with Crippen molar-refractivity contribution in [2.45, 2.75) is 36.8 Å². The fourth-order valence-corrected chi connectivity index (χ4v) is 2.94. The van der Waals surface area contributed by atoms with E-state index in [1.165, 1.54) is 5.56 Å². The largest absolute Gasteiger partial charge is 0.392 e. The van der Waals surface area contributed by atoms with E-state index in [4.69, 9.17) is 11.6 Å². The third-order valence-electron chi connectivity index (χ3n) is 4.34. The highest BCUT2D eigenvalue weighted by atomic mass is 35.5. The molecular formula is C15H20Cl2N2O2. The second-order valence-electron chi connectivity index (χ2n) is 5.86. The minimum absolute atomic E-state index is 0. The lowest BCUT2D eigenvalue weighted by atomic mass is 9.96. The summed E-state index contributed by atoms with van der Waals surface area (Å²) in [6, 6.07) is 7.62. The van der Waals surface area contributed by atoms with Gasteiger partial charge in [0, 0.05) is 23.5 Å². The van der Waals surface area contributed by atoms with E-state index in [2.05, 4.69) is 10.6 Å². The van der Waals surface area contributed by atoms with Crippen LogP contribution in [0.25, 0.3) is 0 Å². The highest BCUT2D eigenvalue weighted by Gasteiger charge is 2.44. The molecule has 2 atom stereocenters. The van der Waals surface area contributed by atoms with Crippen LogP contribution >= 0.6 is 24.0 Å². The molecular weight excluding hydrogens is 311 g/mol. The van der Waals surface area contributed by atoms with Gasteiger partial charge in [0.1, 0.15) is 0 Å². The van der Waals surface area contributed by atoms with Crippen LogP contribution in [0, 0.1) is 0 Å². The lowest BCUT2D eigenvalue weighted by Crippen LogP contribution is -2.43. The summed E-state index contributed by atoms with van der Waals surface area (Å²) in [5.74, 6) is -0.0122. The number of benzene rings is 1. The van der Waals surface area contributed by atoms with Crippen LogP contribution in [0.1, 0.15) is 24.8 Å². The Hall–Kier alpha value is -0.810. The van der Waals surface area contributed by atoms with Crippen molar-refractivity contribution < 1.29 is 9.90 Å². The highest BCUT2D eigenvalue weighted by Crippen LogP contribution is 2.47. The van der Waals surface area contributed by atoms with Crippen molar-refractivity contribution in [3.8, 4) is 0 Å². The second kappa shape index (κ2) is 6.53. The first-order valence-corrected chi connectivity index (χ1v) is 7.42. The molecule has 1 heterocycles. The quantitative estimate of drug-likeness (QED) is 0.786. The van der Waals surface area contributed by atoms with Crippen LogP contribution in [-0.2, 0) is 10.2 Å². The van der Waals surface area contributed by atoms with E-state index < -0.39 is 6.10 Å². The Morgan fingerprint density at radius 3 is 2.57 bits per heavy atom. The molecule has 2 unspecified atom stereocenters. The number of β-amino-alcohol motifs (C(OH)–C–C–N with tert-alkyl or cyclic N) is 1. The minimum atomic E-state index is -0.406. The fraction of sp³-hybridized carbons (Fsp3) is 0.533. The summed E-state index contributed by atoms with van der Waals surface area (Å²) in [7, 11) is 0. The van der Waals surface area contributed by atoms with Gasteiger partial charge >= 0.3 is 0 Å². The lowest BCUT2D eigenvalue weighted by Gasteiger charge is -2.18. The monoisotopic (exact) mass is 330 g/mol. The highest BCUT2D eigenvalue weighted by molar-refractivity contribution is 6.30. The molecule has 3 N–H and O–H groups in total. The van der Waals surface area contributed by atoms with Gasteiger partial charge in [-0.25, -0.2) is 0 Å². The third kappa shape index (κ3) is 3.69. The van der Waals surface area contributed by atoms with E-state index in [9.17, 15) is 9.90 Å². The number of nitrogens with one attached hydrogen (secondary N) is 2. The first kappa shape index (κ1) is 16.6. The van der Waals surface area contributed by atoms with Crippen LogP contribution in [0.4, 0.5) is 0 Å². The van der Waals surface area contributed by atoms with Gasteiger partial charge in [-0.15, -0.1) is 12.4 Å². The lowest BCUT2D eigenvalue weighted by molar-refractivity contribution is -0.123. The molecule has 1 saturated carbocycles. The Balaban J connectivity index is 0.00000161. The molecule has 6 heteroatoms. The molecule has 0 aromatic heterocycles. The number of carbonyl (C=O) groups is 1. The van der Waals surface area contributed by atoms with Gasteiger partial charge in [-0.1, -0.05) is 23.7 Å². The molecule has 3 rings (SSSR count). The van der Waals surface area contributed by atoms with Crippen molar-refractivity contribution in [1.29, 1.82) is 0 Å². The zero-order chi connectivity index (χ0) is 14.2. The maximum Gasteiger partial charge on any atom is 0.237 e. The number of rotatable bonds is 4. The van der Waals surface area contributed by atoms with Gasteiger partial charge in [0.2, 0.25) is 5.91 Å². The van der Waals surface area contributed by atoms with Crippen LogP contribution in [0.3, 0.4) is 0 Å². The summed E-state index contributed by atoms with van der Waals surface area (Å²) in [5, 5.41) is 16.2. The standard InChI is InChI=1S/C15H19ClN2O2.ClH/c16-11-3-1-10(2-4-11)15(5-6-15)9-18-14(20)13-7-12(19)8-17-13;/h1-4,12-13,17,19H,5-9H2,(H,18,20);1H. The summed E-state index contributed by atoms with van der Waals surface area (Å²) < 4.78 is 0. The number of halogens is 2. The predicted molar refractivity (Wildman–Crippen MR) is 85.0 cm³/mol. The van der Waals surface area contributed by atoms with E-state index in [1.807, 2.05) is 24.3 Å². The molecule has 1 aliphatic heterocycles. The van der Waals surface area contributed by atoms with E-state index in [0.717, 1.165) is 17.9 Å². The van der Waals surface area contributed by atoms with Crippen LogP contribution in [-0.4, -0.2) is 36.2 Å². The Kier molecular flexibility index (Phi) is 5.15. The molecule has 116 valence electrons. The zero-order valence-electron chi connectivity index (χ0n) is 11.6. The van der Waals surface area contributed by atoms with Crippen molar-refractivity contribution >= 4 is 29.9 Å². The first-order chi connectivity index (χ1) is 9.59. The number of hydrogen-bond acceptors (Lipinski definition) is 3. The van der Waals surface area contributed by atoms with Crippen molar-refractivity contribution in [2.75, 3.05) is 13.1 Å². The zero-order valence-corrected chi connectivity index (χ0v) is 13.2. The predicted octanol–water partition coefficient (Wildman–Crippen LogP) is 1.63. The van der Waals surface area contributed by atoms with Crippen LogP contribution in [0.2, 0.25) is 5.02 Å². The maximum atomic E-state index is 12.0. The van der Waals surface area contributed by atoms with Crippen molar-refractivity contribution in [1.82, 2.24) is 10.6 Å². The summed E-state index contributed by atoms with van der Waals surface area (Å²) in [6.45, 7) is 1.15. The average Bonchev–Trinajstić information content (AvgIpc) is 3.11. The van der Waals surface area contributed by atoms with Crippen molar-refractivity contribution in [2.24, 2.45) is 0 Å². The molecule has 1 aromatic rings. The average molecular weight is 331 g/mol. The Morgan fingerprint density at radius 2 is 2.05 bits per heavy atom. The Bertz CT molecular complexity index is 503. The SMILES string of the molecule is Cl.O=C(NCC1(c2ccc(Cl)cc2)CC1)C1CC(O)CN1. The normalized spacial score (nSPS) is 26.0. The van der Waals surface area contributed by atoms with Gasteiger partial charge in [0.05, 0.1) is 12.1 Å². The minimum Gasteiger partial charge on any atom is -0.392 e. The second-order valence-corrected chi connectivity index (χ2v) is 6.29. The van der Waals surface area contributed by atoms with Gasteiger partial charge in [-0.2, -0.15) is 0 Å². The number of aliphatic hydroxyl groups is 1. The van der Waals surface area contributed by atoms with E-state index in [0.29, 0.717) is 19.5 Å².